The van der Waals surface area contributed by atoms with Crippen LogP contribution in [0, 0.1) is 13.8 Å². The van der Waals surface area contributed by atoms with Gasteiger partial charge in [0, 0.05) is 43.4 Å². The van der Waals surface area contributed by atoms with Crippen LogP contribution in [0.4, 0.5) is 0 Å². The minimum Gasteiger partial charge on any atom is -0.456 e. The molecular formula is C24H30N2O2S. The van der Waals surface area contributed by atoms with Gasteiger partial charge in [-0.1, -0.05) is 35.9 Å². The average molecular weight is 411 g/mol. The second kappa shape index (κ2) is 9.59. The van der Waals surface area contributed by atoms with Crippen LogP contribution in [0.5, 0.6) is 0 Å². The molecule has 0 spiro atoms. The number of piperazine rings is 1. The molecule has 0 unspecified atom stereocenters. The molecule has 1 aliphatic carbocycles. The first-order valence-corrected chi connectivity index (χ1v) is 11.4. The molecule has 0 radical (unpaired) electrons. The Hall–Kier alpha value is -2.11. The van der Waals surface area contributed by atoms with Gasteiger partial charge in [-0.05, 0) is 43.9 Å². The minimum absolute atomic E-state index is 0.824. The maximum absolute atomic E-state index is 5.89. The first kappa shape index (κ1) is 20.2. The molecule has 0 amide bonds. The lowest BCUT2D eigenvalue weighted by molar-refractivity contribution is 0.0872. The van der Waals surface area contributed by atoms with E-state index in [4.69, 9.17) is 9.47 Å². The van der Waals surface area contributed by atoms with Crippen molar-refractivity contribution >= 4 is 11.8 Å². The highest BCUT2D eigenvalue weighted by atomic mass is 32.2. The molecule has 2 aliphatic heterocycles. The Labute approximate surface area is 178 Å². The number of nitrogens with zero attached hydrogens (tertiary/aromatic N) is 2. The third-order valence-electron chi connectivity index (χ3n) is 5.58. The Bertz CT molecular complexity index is 848. The van der Waals surface area contributed by atoms with Crippen LogP contribution in [-0.4, -0.2) is 48.3 Å². The van der Waals surface area contributed by atoms with E-state index in [1.54, 1.807) is 12.5 Å². The highest BCUT2D eigenvalue weighted by Gasteiger charge is 2.22. The van der Waals surface area contributed by atoms with E-state index in [1.165, 1.54) is 21.6 Å². The van der Waals surface area contributed by atoms with Gasteiger partial charge < -0.3 is 14.4 Å². The van der Waals surface area contributed by atoms with Gasteiger partial charge in [-0.25, -0.2) is 0 Å². The molecule has 1 saturated heterocycles. The molecule has 2 heterocycles. The number of allylic oxidation sites excluding steroid dienone is 4. The molecule has 1 aromatic rings. The molecular weight excluding hydrogens is 380 g/mol. The summed E-state index contributed by atoms with van der Waals surface area (Å²) in [6.45, 7) is 9.53. The van der Waals surface area contributed by atoms with Crippen molar-refractivity contribution in [3.63, 3.8) is 0 Å². The largest absolute Gasteiger partial charge is 0.456 e. The number of hydrogen-bond acceptors (Lipinski definition) is 5. The summed E-state index contributed by atoms with van der Waals surface area (Å²) in [4.78, 5) is 6.21. The quantitative estimate of drug-likeness (QED) is 0.616. The standard InChI is InChI=1S/C24H30N2O2S/c1-19-8-9-23(20(2)16-19)29-15-14-25-10-12-26(13-11-25)24-18-27-22(17-28-24)21-6-4-3-5-7-21/h3-4,6,8-9,16-18H,5,7,10-15H2,1-2H3. The number of ether oxygens (including phenoxy) is 2. The molecule has 0 N–H and O–H groups in total. The van der Waals surface area contributed by atoms with Crippen molar-refractivity contribution in [3.05, 3.63) is 77.3 Å². The fraction of sp³-hybridized carbons (Fsp3) is 0.417. The van der Waals surface area contributed by atoms with Crippen LogP contribution in [0.3, 0.4) is 0 Å². The Morgan fingerprint density at radius 3 is 2.59 bits per heavy atom. The van der Waals surface area contributed by atoms with Gasteiger partial charge in [0.05, 0.1) is 0 Å². The molecule has 0 atom stereocenters. The van der Waals surface area contributed by atoms with Crippen LogP contribution in [0.15, 0.2) is 71.1 Å². The van der Waals surface area contributed by atoms with E-state index in [1.807, 2.05) is 11.8 Å². The lowest BCUT2D eigenvalue weighted by Gasteiger charge is -2.36. The highest BCUT2D eigenvalue weighted by Crippen LogP contribution is 2.27. The lowest BCUT2D eigenvalue weighted by Crippen LogP contribution is -2.46. The smallest absolute Gasteiger partial charge is 0.231 e. The normalized spacial score (nSPS) is 19.8. The summed E-state index contributed by atoms with van der Waals surface area (Å²) in [5.41, 5.74) is 3.92. The monoisotopic (exact) mass is 410 g/mol. The van der Waals surface area contributed by atoms with E-state index in [0.29, 0.717) is 0 Å². The van der Waals surface area contributed by atoms with Gasteiger partial charge in [-0.15, -0.1) is 11.8 Å². The predicted octanol–water partition coefficient (Wildman–Crippen LogP) is 4.98. The molecule has 5 heteroatoms. The molecule has 0 aromatic heterocycles. The van der Waals surface area contributed by atoms with Gasteiger partial charge in [0.25, 0.3) is 0 Å². The SMILES string of the molecule is Cc1ccc(SCCN2CCN(C3=COC(C4=CC=CCC4)=CO3)CC2)c(C)c1. The van der Waals surface area contributed by atoms with E-state index in [-0.39, 0.29) is 0 Å². The first-order valence-electron chi connectivity index (χ1n) is 10.5. The summed E-state index contributed by atoms with van der Waals surface area (Å²) in [7, 11) is 0. The Morgan fingerprint density at radius 1 is 1.03 bits per heavy atom. The zero-order valence-corrected chi connectivity index (χ0v) is 18.2. The van der Waals surface area contributed by atoms with Crippen LogP contribution < -0.4 is 0 Å². The van der Waals surface area contributed by atoms with E-state index >= 15 is 0 Å². The number of aryl methyl sites for hydroxylation is 2. The van der Waals surface area contributed by atoms with Gasteiger partial charge >= 0.3 is 0 Å². The van der Waals surface area contributed by atoms with Crippen LogP contribution >= 0.6 is 11.8 Å². The molecule has 29 heavy (non-hydrogen) atoms. The molecule has 0 saturated carbocycles. The highest BCUT2D eigenvalue weighted by molar-refractivity contribution is 7.99. The van der Waals surface area contributed by atoms with Crippen LogP contribution in [-0.2, 0) is 9.47 Å². The van der Waals surface area contributed by atoms with E-state index in [2.05, 4.69) is 60.1 Å². The fourth-order valence-electron chi connectivity index (χ4n) is 3.83. The third-order valence-corrected chi connectivity index (χ3v) is 6.74. The van der Waals surface area contributed by atoms with Crippen LogP contribution in [0.25, 0.3) is 0 Å². The lowest BCUT2D eigenvalue weighted by atomic mass is 10.0. The number of benzene rings is 1. The van der Waals surface area contributed by atoms with Crippen LogP contribution in [0.1, 0.15) is 24.0 Å². The van der Waals surface area contributed by atoms with Gasteiger partial charge in [0.1, 0.15) is 6.26 Å². The third kappa shape index (κ3) is 5.28. The Morgan fingerprint density at radius 2 is 1.90 bits per heavy atom. The van der Waals surface area contributed by atoms with E-state index in [9.17, 15) is 0 Å². The first-order chi connectivity index (χ1) is 14.2. The van der Waals surface area contributed by atoms with Crippen molar-refractivity contribution in [2.45, 2.75) is 31.6 Å². The van der Waals surface area contributed by atoms with E-state index < -0.39 is 0 Å². The van der Waals surface area contributed by atoms with Crippen molar-refractivity contribution in [2.24, 2.45) is 0 Å². The summed E-state index contributed by atoms with van der Waals surface area (Å²) in [6, 6.07) is 6.72. The van der Waals surface area contributed by atoms with Crippen molar-refractivity contribution in [1.29, 1.82) is 0 Å². The van der Waals surface area contributed by atoms with Crippen molar-refractivity contribution in [1.82, 2.24) is 9.80 Å². The summed E-state index contributed by atoms with van der Waals surface area (Å²) >= 11 is 1.96. The van der Waals surface area contributed by atoms with Crippen LogP contribution in [0.2, 0.25) is 0 Å². The maximum Gasteiger partial charge on any atom is 0.231 e. The number of hydrogen-bond donors (Lipinski definition) is 0. The molecule has 1 fully saturated rings. The second-order valence-corrected chi connectivity index (χ2v) is 8.92. The van der Waals surface area contributed by atoms with Gasteiger partial charge in [-0.2, -0.15) is 0 Å². The fourth-order valence-corrected chi connectivity index (χ4v) is 4.85. The summed E-state index contributed by atoms with van der Waals surface area (Å²) in [5, 5.41) is 0. The number of thioether (sulfide) groups is 1. The predicted molar refractivity (Wildman–Crippen MR) is 119 cm³/mol. The summed E-state index contributed by atoms with van der Waals surface area (Å²) in [6.07, 6.45) is 12.0. The zero-order valence-electron chi connectivity index (χ0n) is 17.4. The van der Waals surface area contributed by atoms with Crippen molar-refractivity contribution < 1.29 is 9.47 Å². The zero-order chi connectivity index (χ0) is 20.1. The topological polar surface area (TPSA) is 24.9 Å². The molecule has 4 rings (SSSR count). The number of rotatable bonds is 6. The van der Waals surface area contributed by atoms with Gasteiger partial charge in [-0.3, -0.25) is 4.90 Å². The summed E-state index contributed by atoms with van der Waals surface area (Å²) in [5.74, 6) is 2.78. The van der Waals surface area contributed by atoms with Crippen molar-refractivity contribution in [3.8, 4) is 0 Å². The van der Waals surface area contributed by atoms with Crippen molar-refractivity contribution in [2.75, 3.05) is 38.5 Å². The second-order valence-electron chi connectivity index (χ2n) is 7.78. The van der Waals surface area contributed by atoms with Gasteiger partial charge in [0.15, 0.2) is 12.0 Å². The molecule has 154 valence electrons. The Kier molecular flexibility index (Phi) is 6.67. The average Bonchev–Trinajstić information content (AvgIpc) is 2.76. The van der Waals surface area contributed by atoms with E-state index in [0.717, 1.165) is 63.0 Å². The Balaban J connectivity index is 1.19. The minimum atomic E-state index is 0.824. The maximum atomic E-state index is 5.89. The molecule has 3 aliphatic rings. The molecule has 4 nitrogen and oxygen atoms in total. The molecule has 0 bridgehead atoms. The summed E-state index contributed by atoms with van der Waals surface area (Å²) < 4.78 is 11.7. The molecule has 1 aromatic carbocycles. The van der Waals surface area contributed by atoms with Gasteiger partial charge in [0.2, 0.25) is 5.88 Å².